The van der Waals surface area contributed by atoms with Gasteiger partial charge in [-0.1, -0.05) is 30.3 Å². The Kier molecular flexibility index (Phi) is 5.12. The number of methoxy groups -OCH3 is 1. The van der Waals surface area contributed by atoms with Crippen molar-refractivity contribution in [3.8, 4) is 22.7 Å². The second-order valence-corrected chi connectivity index (χ2v) is 6.80. The Hall–Kier alpha value is -3.12. The summed E-state index contributed by atoms with van der Waals surface area (Å²) in [4.78, 5) is 15.2. The summed E-state index contributed by atoms with van der Waals surface area (Å²) in [6.45, 7) is 3.67. The van der Waals surface area contributed by atoms with Gasteiger partial charge < -0.3 is 14.4 Å². The van der Waals surface area contributed by atoms with Gasteiger partial charge in [-0.05, 0) is 31.2 Å². The maximum absolute atomic E-state index is 13.4. The Bertz CT molecular complexity index is 968. The Balaban J connectivity index is 1.81. The molecular formula is C22H23N3O3. The van der Waals surface area contributed by atoms with Crippen molar-refractivity contribution >= 4 is 5.91 Å². The third-order valence-electron chi connectivity index (χ3n) is 4.86. The van der Waals surface area contributed by atoms with Crippen LogP contribution in [0.1, 0.15) is 17.3 Å². The Morgan fingerprint density at radius 1 is 1.14 bits per heavy atom. The molecule has 1 atom stereocenters. The van der Waals surface area contributed by atoms with E-state index >= 15 is 0 Å². The molecule has 1 fully saturated rings. The molecule has 2 heterocycles. The van der Waals surface area contributed by atoms with E-state index in [1.807, 2.05) is 66.4 Å². The van der Waals surface area contributed by atoms with Crippen LogP contribution in [0.3, 0.4) is 0 Å². The van der Waals surface area contributed by atoms with Gasteiger partial charge in [0, 0.05) is 24.8 Å². The SMILES string of the molecule is COc1ccccc1-c1nn(-c2ccccc2)cc1C(=O)N1CCO[C@H](C)C1. The molecule has 3 aromatic rings. The lowest BCUT2D eigenvalue weighted by Crippen LogP contribution is -2.44. The van der Waals surface area contributed by atoms with Crippen molar-refractivity contribution in [1.82, 2.24) is 14.7 Å². The lowest BCUT2D eigenvalue weighted by molar-refractivity contribution is -0.0123. The Morgan fingerprint density at radius 3 is 2.64 bits per heavy atom. The number of para-hydroxylation sites is 2. The van der Waals surface area contributed by atoms with Gasteiger partial charge >= 0.3 is 0 Å². The zero-order valence-electron chi connectivity index (χ0n) is 16.0. The molecule has 0 saturated carbocycles. The highest BCUT2D eigenvalue weighted by atomic mass is 16.5. The van der Waals surface area contributed by atoms with Crippen LogP contribution < -0.4 is 4.74 Å². The van der Waals surface area contributed by atoms with E-state index in [2.05, 4.69) is 0 Å². The summed E-state index contributed by atoms with van der Waals surface area (Å²) < 4.78 is 12.9. The van der Waals surface area contributed by atoms with Crippen molar-refractivity contribution in [3.63, 3.8) is 0 Å². The summed E-state index contributed by atoms with van der Waals surface area (Å²) in [7, 11) is 1.62. The van der Waals surface area contributed by atoms with E-state index in [0.717, 1.165) is 11.3 Å². The van der Waals surface area contributed by atoms with Crippen LogP contribution in [-0.2, 0) is 4.74 Å². The van der Waals surface area contributed by atoms with Crippen LogP contribution in [0.5, 0.6) is 5.75 Å². The zero-order valence-corrected chi connectivity index (χ0v) is 16.0. The third kappa shape index (κ3) is 3.51. The fraction of sp³-hybridized carbons (Fsp3) is 0.273. The molecule has 4 rings (SSSR count). The van der Waals surface area contributed by atoms with E-state index in [0.29, 0.717) is 36.7 Å². The standard InChI is InChI=1S/C22H23N3O3/c1-16-14-24(12-13-28-16)22(26)19-15-25(17-8-4-3-5-9-17)23-21(19)18-10-6-7-11-20(18)27-2/h3-11,15-16H,12-14H2,1-2H3/t16-/m1/s1. The van der Waals surface area contributed by atoms with Crippen molar-refractivity contribution in [3.05, 3.63) is 66.4 Å². The normalized spacial score (nSPS) is 16.8. The van der Waals surface area contributed by atoms with Gasteiger partial charge in [0.05, 0.1) is 31.1 Å². The number of amides is 1. The molecule has 1 aliphatic rings. The fourth-order valence-corrected chi connectivity index (χ4v) is 3.46. The highest BCUT2D eigenvalue weighted by Gasteiger charge is 2.28. The van der Waals surface area contributed by atoms with Crippen LogP contribution in [0, 0.1) is 0 Å². The van der Waals surface area contributed by atoms with Gasteiger partial charge in [0.15, 0.2) is 0 Å². The summed E-state index contributed by atoms with van der Waals surface area (Å²) in [5.41, 5.74) is 2.87. The minimum absolute atomic E-state index is 0.0246. The lowest BCUT2D eigenvalue weighted by atomic mass is 10.1. The minimum Gasteiger partial charge on any atom is -0.496 e. The first-order valence-electron chi connectivity index (χ1n) is 9.36. The summed E-state index contributed by atoms with van der Waals surface area (Å²) in [5.74, 6) is 0.642. The molecule has 0 aliphatic carbocycles. The van der Waals surface area contributed by atoms with Crippen molar-refractivity contribution in [2.45, 2.75) is 13.0 Å². The number of nitrogens with zero attached hydrogens (tertiary/aromatic N) is 3. The van der Waals surface area contributed by atoms with Crippen molar-refractivity contribution < 1.29 is 14.3 Å². The van der Waals surface area contributed by atoms with E-state index in [-0.39, 0.29) is 12.0 Å². The number of hydrogen-bond acceptors (Lipinski definition) is 4. The van der Waals surface area contributed by atoms with Gasteiger partial charge in [-0.25, -0.2) is 4.68 Å². The molecule has 144 valence electrons. The van der Waals surface area contributed by atoms with Crippen LogP contribution in [0.15, 0.2) is 60.8 Å². The molecule has 1 amide bonds. The maximum atomic E-state index is 13.4. The molecule has 0 unspecified atom stereocenters. The summed E-state index contributed by atoms with van der Waals surface area (Å²) in [6, 6.07) is 17.4. The average molecular weight is 377 g/mol. The largest absolute Gasteiger partial charge is 0.496 e. The molecule has 6 nitrogen and oxygen atoms in total. The number of morpholine rings is 1. The van der Waals surface area contributed by atoms with E-state index < -0.39 is 0 Å². The number of carbonyl (C=O) groups is 1. The maximum Gasteiger partial charge on any atom is 0.257 e. The number of ether oxygens (including phenoxy) is 2. The summed E-state index contributed by atoms with van der Waals surface area (Å²) in [6.07, 6.45) is 1.83. The van der Waals surface area contributed by atoms with Gasteiger partial charge in [-0.2, -0.15) is 5.10 Å². The Morgan fingerprint density at radius 2 is 1.89 bits per heavy atom. The van der Waals surface area contributed by atoms with Crippen LogP contribution in [0.25, 0.3) is 16.9 Å². The quantitative estimate of drug-likeness (QED) is 0.699. The number of benzene rings is 2. The van der Waals surface area contributed by atoms with E-state index in [9.17, 15) is 4.79 Å². The third-order valence-corrected chi connectivity index (χ3v) is 4.86. The highest BCUT2D eigenvalue weighted by molar-refractivity contribution is 6.00. The van der Waals surface area contributed by atoms with Crippen molar-refractivity contribution in [2.24, 2.45) is 0 Å². The fourth-order valence-electron chi connectivity index (χ4n) is 3.46. The summed E-state index contributed by atoms with van der Waals surface area (Å²) in [5, 5.41) is 4.75. The molecule has 1 saturated heterocycles. The number of carbonyl (C=O) groups excluding carboxylic acids is 1. The first-order valence-corrected chi connectivity index (χ1v) is 9.36. The molecule has 0 N–H and O–H groups in total. The predicted octanol–water partition coefficient (Wildman–Crippen LogP) is 3.41. The first-order chi connectivity index (χ1) is 13.7. The second kappa shape index (κ2) is 7.86. The molecule has 6 heteroatoms. The first kappa shape index (κ1) is 18.3. The molecular weight excluding hydrogens is 354 g/mol. The second-order valence-electron chi connectivity index (χ2n) is 6.80. The van der Waals surface area contributed by atoms with Crippen LogP contribution >= 0.6 is 0 Å². The van der Waals surface area contributed by atoms with Gasteiger partial charge in [-0.15, -0.1) is 0 Å². The monoisotopic (exact) mass is 377 g/mol. The zero-order chi connectivity index (χ0) is 19.5. The molecule has 0 radical (unpaired) electrons. The molecule has 28 heavy (non-hydrogen) atoms. The van der Waals surface area contributed by atoms with E-state index in [1.54, 1.807) is 18.0 Å². The average Bonchev–Trinajstić information content (AvgIpc) is 3.19. The van der Waals surface area contributed by atoms with E-state index in [1.165, 1.54) is 0 Å². The highest BCUT2D eigenvalue weighted by Crippen LogP contribution is 2.32. The number of rotatable bonds is 4. The van der Waals surface area contributed by atoms with Gasteiger partial charge in [-0.3, -0.25) is 4.79 Å². The molecule has 1 aromatic heterocycles. The molecule has 1 aliphatic heterocycles. The van der Waals surface area contributed by atoms with Crippen LogP contribution in [0.2, 0.25) is 0 Å². The summed E-state index contributed by atoms with van der Waals surface area (Å²) >= 11 is 0. The van der Waals surface area contributed by atoms with Crippen molar-refractivity contribution in [2.75, 3.05) is 26.8 Å². The van der Waals surface area contributed by atoms with Gasteiger partial charge in [0.1, 0.15) is 11.4 Å². The minimum atomic E-state index is -0.0433. The van der Waals surface area contributed by atoms with Gasteiger partial charge in [0.2, 0.25) is 0 Å². The predicted molar refractivity (Wildman–Crippen MR) is 107 cm³/mol. The Labute approximate surface area is 164 Å². The van der Waals surface area contributed by atoms with Crippen LogP contribution in [-0.4, -0.2) is 53.5 Å². The number of hydrogen-bond donors (Lipinski definition) is 0. The molecule has 2 aromatic carbocycles. The van der Waals surface area contributed by atoms with Crippen LogP contribution in [0.4, 0.5) is 0 Å². The molecule has 0 bridgehead atoms. The van der Waals surface area contributed by atoms with E-state index in [4.69, 9.17) is 14.6 Å². The van der Waals surface area contributed by atoms with Crippen molar-refractivity contribution in [1.29, 1.82) is 0 Å². The topological polar surface area (TPSA) is 56.6 Å². The number of aromatic nitrogens is 2. The smallest absolute Gasteiger partial charge is 0.257 e. The molecule has 0 spiro atoms. The van der Waals surface area contributed by atoms with Gasteiger partial charge in [0.25, 0.3) is 5.91 Å². The lowest BCUT2D eigenvalue weighted by Gasteiger charge is -2.31.